The number of aryl methyl sites for hydroxylation is 1. The molecule has 0 aliphatic heterocycles. The zero-order valence-electron chi connectivity index (χ0n) is 14.1. The lowest BCUT2D eigenvalue weighted by atomic mass is 10.0. The molecule has 1 N–H and O–H groups in total. The van der Waals surface area contributed by atoms with Crippen molar-refractivity contribution in [2.75, 3.05) is 13.7 Å². The third-order valence-corrected chi connectivity index (χ3v) is 3.40. The molecule has 9 heteroatoms. The molecular weight excluding hydrogens is 351 g/mol. The van der Waals surface area contributed by atoms with E-state index in [0.29, 0.717) is 17.0 Å². The summed E-state index contributed by atoms with van der Waals surface area (Å²) in [5, 5.41) is 8.01. The topological polar surface area (TPSA) is 85.2 Å². The Morgan fingerprint density at radius 1 is 1.23 bits per heavy atom. The fourth-order valence-electron chi connectivity index (χ4n) is 2.17. The first-order valence-electron chi connectivity index (χ1n) is 7.48. The first-order chi connectivity index (χ1) is 12.2. The zero-order chi connectivity index (χ0) is 19.3. The fourth-order valence-corrected chi connectivity index (χ4v) is 2.17. The first kappa shape index (κ1) is 19.4. The second-order valence-corrected chi connectivity index (χ2v) is 5.40. The summed E-state index contributed by atoms with van der Waals surface area (Å²) in [7, 11) is 1.15. The minimum Gasteiger partial charge on any atom is -0.438 e. The van der Waals surface area contributed by atoms with Crippen LogP contribution in [-0.2, 0) is 22.1 Å². The summed E-state index contributed by atoms with van der Waals surface area (Å²) in [6, 6.07) is 4.68. The summed E-state index contributed by atoms with van der Waals surface area (Å²) in [4.78, 5) is 19.5. The minimum atomic E-state index is -4.40. The second kappa shape index (κ2) is 7.94. The molecular formula is C17H16F3N3O3. The largest absolute Gasteiger partial charge is 0.508 e. The van der Waals surface area contributed by atoms with Crippen molar-refractivity contribution < 1.29 is 27.4 Å². The summed E-state index contributed by atoms with van der Waals surface area (Å²) in [5.74, 6) is 0. The standard InChI is InChI=1S/C17H16F3N3O3/c1-10-8-22-15(13(21)9-26-16(24)25-2)14(23-10)7-11-3-5-12(6-4-11)17(18,19)20/h3-6,8,21H,7,9H2,1-2H3. The van der Waals surface area contributed by atoms with E-state index in [-0.39, 0.29) is 24.4 Å². The molecule has 0 atom stereocenters. The highest BCUT2D eigenvalue weighted by atomic mass is 19.4. The monoisotopic (exact) mass is 367 g/mol. The van der Waals surface area contributed by atoms with Gasteiger partial charge in [-0.05, 0) is 24.6 Å². The molecule has 6 nitrogen and oxygen atoms in total. The number of methoxy groups -OCH3 is 1. The van der Waals surface area contributed by atoms with Gasteiger partial charge in [0.1, 0.15) is 12.3 Å². The highest BCUT2D eigenvalue weighted by Gasteiger charge is 2.30. The van der Waals surface area contributed by atoms with E-state index in [2.05, 4.69) is 14.7 Å². The van der Waals surface area contributed by atoms with Crippen molar-refractivity contribution in [2.24, 2.45) is 0 Å². The van der Waals surface area contributed by atoms with Gasteiger partial charge in [0.05, 0.1) is 29.8 Å². The maximum atomic E-state index is 12.6. The van der Waals surface area contributed by atoms with Gasteiger partial charge in [-0.2, -0.15) is 13.2 Å². The number of nitrogens with zero attached hydrogens (tertiary/aromatic N) is 2. The van der Waals surface area contributed by atoms with Gasteiger partial charge >= 0.3 is 12.3 Å². The van der Waals surface area contributed by atoms with E-state index in [0.717, 1.165) is 19.2 Å². The quantitative estimate of drug-likeness (QED) is 0.645. The summed E-state index contributed by atoms with van der Waals surface area (Å²) in [5.41, 5.74) is 0.960. The molecule has 0 radical (unpaired) electrons. The van der Waals surface area contributed by atoms with E-state index in [1.165, 1.54) is 18.3 Å². The van der Waals surface area contributed by atoms with E-state index in [1.54, 1.807) is 6.92 Å². The van der Waals surface area contributed by atoms with Crippen LogP contribution in [0.4, 0.5) is 18.0 Å². The molecule has 0 aliphatic rings. The lowest BCUT2D eigenvalue weighted by molar-refractivity contribution is -0.137. The van der Waals surface area contributed by atoms with Gasteiger partial charge in [0.2, 0.25) is 0 Å². The molecule has 1 heterocycles. The van der Waals surface area contributed by atoms with Crippen LogP contribution in [-0.4, -0.2) is 35.6 Å². The smallest absolute Gasteiger partial charge is 0.438 e. The van der Waals surface area contributed by atoms with E-state index in [1.807, 2.05) is 0 Å². The summed E-state index contributed by atoms with van der Waals surface area (Å²) in [6.45, 7) is 1.35. The molecule has 0 bridgehead atoms. The van der Waals surface area contributed by atoms with Crippen molar-refractivity contribution in [1.29, 1.82) is 5.41 Å². The van der Waals surface area contributed by atoms with Crippen LogP contribution in [0.5, 0.6) is 0 Å². The number of carbonyl (C=O) groups is 1. The molecule has 0 spiro atoms. The van der Waals surface area contributed by atoms with Gasteiger partial charge in [0.15, 0.2) is 0 Å². The normalized spacial score (nSPS) is 11.1. The van der Waals surface area contributed by atoms with Crippen molar-refractivity contribution in [3.63, 3.8) is 0 Å². The van der Waals surface area contributed by atoms with Crippen LogP contribution in [0.15, 0.2) is 30.5 Å². The highest BCUT2D eigenvalue weighted by Crippen LogP contribution is 2.29. The Kier molecular flexibility index (Phi) is 5.91. The van der Waals surface area contributed by atoms with Crippen molar-refractivity contribution in [2.45, 2.75) is 19.5 Å². The summed E-state index contributed by atoms with van der Waals surface area (Å²) >= 11 is 0. The molecule has 0 unspecified atom stereocenters. The Balaban J connectivity index is 2.22. The van der Waals surface area contributed by atoms with Crippen molar-refractivity contribution >= 4 is 11.9 Å². The molecule has 2 rings (SSSR count). The molecule has 2 aromatic rings. The Hall–Kier alpha value is -2.97. The number of ether oxygens (including phenoxy) is 2. The molecule has 0 amide bonds. The van der Waals surface area contributed by atoms with Crippen LogP contribution in [0.2, 0.25) is 0 Å². The minimum absolute atomic E-state index is 0.0928. The SMILES string of the molecule is COC(=O)OCC(=N)c1ncc(C)nc1Cc1ccc(C(F)(F)F)cc1. The number of hydrogen-bond donors (Lipinski definition) is 1. The molecule has 1 aromatic carbocycles. The van der Waals surface area contributed by atoms with E-state index >= 15 is 0 Å². The summed E-state index contributed by atoms with van der Waals surface area (Å²) < 4.78 is 47.0. The van der Waals surface area contributed by atoms with Gasteiger partial charge in [0.25, 0.3) is 0 Å². The molecule has 0 saturated carbocycles. The Morgan fingerprint density at radius 2 is 1.88 bits per heavy atom. The van der Waals surface area contributed by atoms with E-state index in [4.69, 9.17) is 10.1 Å². The van der Waals surface area contributed by atoms with Gasteiger partial charge < -0.3 is 9.47 Å². The molecule has 138 valence electrons. The molecule has 0 aliphatic carbocycles. The fraction of sp³-hybridized carbons (Fsp3) is 0.294. The second-order valence-electron chi connectivity index (χ2n) is 5.40. The predicted molar refractivity (Wildman–Crippen MR) is 86.2 cm³/mol. The Bertz CT molecular complexity index is 805. The number of hydrogen-bond acceptors (Lipinski definition) is 6. The van der Waals surface area contributed by atoms with Crippen molar-refractivity contribution in [1.82, 2.24) is 9.97 Å². The highest BCUT2D eigenvalue weighted by molar-refractivity contribution is 5.99. The van der Waals surface area contributed by atoms with E-state index in [9.17, 15) is 18.0 Å². The van der Waals surface area contributed by atoms with Gasteiger partial charge in [-0.1, -0.05) is 12.1 Å². The number of rotatable bonds is 5. The number of carbonyl (C=O) groups excluding carboxylic acids is 1. The number of halogens is 3. The van der Waals surface area contributed by atoms with Crippen LogP contribution in [0.25, 0.3) is 0 Å². The third kappa shape index (κ3) is 5.01. The lowest BCUT2D eigenvalue weighted by Crippen LogP contribution is -2.18. The molecule has 1 aromatic heterocycles. The third-order valence-electron chi connectivity index (χ3n) is 3.40. The average molecular weight is 367 g/mol. The van der Waals surface area contributed by atoms with Crippen LogP contribution < -0.4 is 0 Å². The van der Waals surface area contributed by atoms with Crippen LogP contribution in [0, 0.1) is 12.3 Å². The number of benzene rings is 1. The Morgan fingerprint density at radius 3 is 2.46 bits per heavy atom. The van der Waals surface area contributed by atoms with Gasteiger partial charge in [0, 0.05) is 12.6 Å². The average Bonchev–Trinajstić information content (AvgIpc) is 2.59. The zero-order valence-corrected chi connectivity index (χ0v) is 14.1. The Labute approximate surface area is 147 Å². The maximum absolute atomic E-state index is 12.6. The van der Waals surface area contributed by atoms with Crippen LogP contribution >= 0.6 is 0 Å². The molecule has 26 heavy (non-hydrogen) atoms. The van der Waals surface area contributed by atoms with Crippen molar-refractivity contribution in [3.8, 4) is 0 Å². The first-order valence-corrected chi connectivity index (χ1v) is 7.48. The number of nitrogens with one attached hydrogen (secondary N) is 1. The predicted octanol–water partition coefficient (Wildman–Crippen LogP) is 3.55. The van der Waals surface area contributed by atoms with Gasteiger partial charge in [-0.25, -0.2) is 4.79 Å². The number of alkyl halides is 3. The van der Waals surface area contributed by atoms with Crippen LogP contribution in [0.1, 0.15) is 28.2 Å². The molecule has 0 fully saturated rings. The van der Waals surface area contributed by atoms with E-state index < -0.39 is 17.9 Å². The summed E-state index contributed by atoms with van der Waals surface area (Å²) in [6.07, 6.45) is -3.69. The van der Waals surface area contributed by atoms with Gasteiger partial charge in [-0.15, -0.1) is 0 Å². The maximum Gasteiger partial charge on any atom is 0.508 e. The molecule has 0 saturated heterocycles. The lowest BCUT2D eigenvalue weighted by Gasteiger charge is -2.11. The van der Waals surface area contributed by atoms with Crippen LogP contribution in [0.3, 0.4) is 0 Å². The number of aromatic nitrogens is 2. The van der Waals surface area contributed by atoms with Crippen molar-refractivity contribution in [3.05, 3.63) is 58.7 Å². The van der Waals surface area contributed by atoms with Gasteiger partial charge in [-0.3, -0.25) is 15.4 Å².